The highest BCUT2D eigenvalue weighted by molar-refractivity contribution is 7.27. The van der Waals surface area contributed by atoms with Crippen LogP contribution in [0.5, 0.6) is 5.88 Å². The maximum absolute atomic E-state index is 10.2. The van der Waals surface area contributed by atoms with Crippen LogP contribution in [0.3, 0.4) is 0 Å². The first-order valence-electron chi connectivity index (χ1n) is 11.6. The molecule has 2 aliphatic rings. The molecular weight excluding hydrogens is 423 g/mol. The highest BCUT2D eigenvalue weighted by atomic mass is 31.0. The first-order valence-corrected chi connectivity index (χ1v) is 12.2. The van der Waals surface area contributed by atoms with E-state index in [4.69, 9.17) is 14.6 Å². The molecule has 4 unspecified atom stereocenters. The third-order valence-electron chi connectivity index (χ3n) is 6.26. The summed E-state index contributed by atoms with van der Waals surface area (Å²) in [7, 11) is 2.87. The van der Waals surface area contributed by atoms with Crippen molar-refractivity contribution in [2.24, 2.45) is 0 Å². The second-order valence-electron chi connectivity index (χ2n) is 9.30. The van der Waals surface area contributed by atoms with Gasteiger partial charge in [0.15, 0.2) is 0 Å². The minimum Gasteiger partial charge on any atom is -0.446 e. The van der Waals surface area contributed by atoms with Crippen molar-refractivity contribution >= 4 is 14.5 Å². The Morgan fingerprint density at radius 1 is 1.31 bits per heavy atom. The fourth-order valence-electron chi connectivity index (χ4n) is 4.25. The molecule has 1 aliphatic carbocycles. The maximum atomic E-state index is 10.2. The molecule has 0 amide bonds. The summed E-state index contributed by atoms with van der Waals surface area (Å²) in [5.41, 5.74) is 6.20. The molecule has 1 saturated carbocycles. The molecule has 2 fully saturated rings. The van der Waals surface area contributed by atoms with Crippen LogP contribution in [-0.4, -0.2) is 45.1 Å². The topological polar surface area (TPSA) is 76.7 Å². The van der Waals surface area contributed by atoms with Crippen LogP contribution in [0.4, 0.5) is 0 Å². The predicted octanol–water partition coefficient (Wildman–Crippen LogP) is 3.36. The highest BCUT2D eigenvalue weighted by Gasteiger charge is 2.31. The zero-order valence-electron chi connectivity index (χ0n) is 19.3. The average Bonchev–Trinajstić information content (AvgIpc) is 3.53. The van der Waals surface area contributed by atoms with Crippen LogP contribution in [0, 0.1) is 6.92 Å². The Kier molecular flexibility index (Phi) is 7.36. The zero-order valence-corrected chi connectivity index (χ0v) is 20.4. The quantitative estimate of drug-likeness (QED) is 0.469. The van der Waals surface area contributed by atoms with Crippen molar-refractivity contribution in [1.29, 1.82) is 0 Å². The van der Waals surface area contributed by atoms with Crippen LogP contribution < -0.4 is 10.0 Å². The molecule has 1 aliphatic heterocycles. The molecule has 2 aromatic rings. The third kappa shape index (κ3) is 5.60. The number of aliphatic hydroxyl groups excluding tert-OH is 2. The molecule has 1 aromatic carbocycles. The third-order valence-corrected chi connectivity index (χ3v) is 6.80. The molecule has 2 heterocycles. The molecule has 6 nitrogen and oxygen atoms in total. The lowest BCUT2D eigenvalue weighted by atomic mass is 10.0. The molecule has 1 aromatic heterocycles. The summed E-state index contributed by atoms with van der Waals surface area (Å²) < 4.78 is 14.0. The van der Waals surface area contributed by atoms with Gasteiger partial charge >= 0.3 is 0 Å². The Hall–Kier alpha value is -1.72. The number of aliphatic hydroxyl groups is 2. The van der Waals surface area contributed by atoms with Gasteiger partial charge in [0.2, 0.25) is 12.2 Å². The minimum atomic E-state index is -0.627. The summed E-state index contributed by atoms with van der Waals surface area (Å²) in [4.78, 5) is 0. The average molecular weight is 459 g/mol. The summed E-state index contributed by atoms with van der Waals surface area (Å²) >= 11 is 0. The number of nitrogens with zero attached hydrogens (tertiary/aromatic N) is 2. The van der Waals surface area contributed by atoms with Gasteiger partial charge in [-0.15, -0.1) is 14.3 Å². The molecule has 4 rings (SSSR count). The van der Waals surface area contributed by atoms with Crippen LogP contribution in [0.15, 0.2) is 29.8 Å². The number of rotatable bonds is 8. The largest absolute Gasteiger partial charge is 0.446 e. The van der Waals surface area contributed by atoms with Crippen LogP contribution in [0.2, 0.25) is 0 Å². The molecule has 0 bridgehead atoms. The number of aromatic nitrogens is 2. The maximum Gasteiger partial charge on any atom is 0.238 e. The van der Waals surface area contributed by atoms with E-state index in [2.05, 4.69) is 54.3 Å². The van der Waals surface area contributed by atoms with Crippen molar-refractivity contribution in [1.82, 2.24) is 9.78 Å². The molecule has 0 spiro atoms. The van der Waals surface area contributed by atoms with E-state index in [0.29, 0.717) is 25.1 Å². The van der Waals surface area contributed by atoms with E-state index in [0.717, 1.165) is 17.7 Å². The smallest absolute Gasteiger partial charge is 0.238 e. The summed E-state index contributed by atoms with van der Waals surface area (Å²) in [6, 6.07) is 6.84. The highest BCUT2D eigenvalue weighted by Crippen LogP contribution is 2.31. The normalized spacial score (nSPS) is 23.0. The van der Waals surface area contributed by atoms with E-state index in [-0.39, 0.29) is 12.6 Å². The Labute approximate surface area is 192 Å². The van der Waals surface area contributed by atoms with Gasteiger partial charge in [-0.1, -0.05) is 29.8 Å². The molecule has 1 saturated heterocycles. The van der Waals surface area contributed by atoms with Crippen LogP contribution >= 0.6 is 9.24 Å². The second kappa shape index (κ2) is 10.0. The molecule has 32 heavy (non-hydrogen) atoms. The van der Waals surface area contributed by atoms with Gasteiger partial charge in [-0.25, -0.2) is 0 Å². The van der Waals surface area contributed by atoms with Crippen molar-refractivity contribution in [3.8, 4) is 5.88 Å². The second-order valence-corrected chi connectivity index (χ2v) is 9.92. The van der Waals surface area contributed by atoms with Gasteiger partial charge < -0.3 is 19.7 Å². The Bertz CT molecular complexity index is 979. The van der Waals surface area contributed by atoms with Crippen molar-refractivity contribution in [3.05, 3.63) is 52.2 Å². The van der Waals surface area contributed by atoms with Gasteiger partial charge in [0.25, 0.3) is 0 Å². The predicted molar refractivity (Wildman–Crippen MR) is 129 cm³/mol. The Morgan fingerprint density at radius 2 is 2.09 bits per heavy atom. The van der Waals surface area contributed by atoms with Gasteiger partial charge in [-0.05, 0) is 56.5 Å². The van der Waals surface area contributed by atoms with Crippen molar-refractivity contribution in [3.63, 3.8) is 0 Å². The van der Waals surface area contributed by atoms with Crippen molar-refractivity contribution in [2.45, 2.75) is 83.8 Å². The fraction of sp³-hybridized carbons (Fsp3) is 0.560. The number of benzene rings is 1. The van der Waals surface area contributed by atoms with E-state index >= 15 is 0 Å². The van der Waals surface area contributed by atoms with Crippen LogP contribution in [-0.2, 0) is 17.6 Å². The zero-order chi connectivity index (χ0) is 22.8. The number of allylic oxidation sites excluding steroid dienone is 2. The van der Waals surface area contributed by atoms with E-state index in [9.17, 15) is 10.2 Å². The van der Waals surface area contributed by atoms with Crippen LogP contribution in [0.1, 0.15) is 68.0 Å². The van der Waals surface area contributed by atoms with Gasteiger partial charge in [-0.3, -0.25) is 4.68 Å². The monoisotopic (exact) mass is 458 g/mol. The molecule has 174 valence electrons. The summed E-state index contributed by atoms with van der Waals surface area (Å²) in [6.07, 6.45) is 5.73. The van der Waals surface area contributed by atoms with E-state index < -0.39 is 18.5 Å². The van der Waals surface area contributed by atoms with Gasteiger partial charge in [0.1, 0.15) is 0 Å². The number of hydrogen-bond donors (Lipinski definition) is 2. The van der Waals surface area contributed by atoms with E-state index in [1.54, 1.807) is 5.57 Å². The molecule has 4 atom stereocenters. The summed E-state index contributed by atoms with van der Waals surface area (Å²) in [6.45, 7) is 6.13. The lowest BCUT2D eigenvalue weighted by Gasteiger charge is -2.31. The van der Waals surface area contributed by atoms with E-state index in [1.165, 1.54) is 29.3 Å². The summed E-state index contributed by atoms with van der Waals surface area (Å²) in [5, 5.41) is 25.5. The van der Waals surface area contributed by atoms with Crippen LogP contribution in [0.25, 0.3) is 0 Å². The first kappa shape index (κ1) is 23.4. The molecular formula is C25H35N2O4P. The molecule has 2 N–H and O–H groups in total. The lowest BCUT2D eigenvalue weighted by Crippen LogP contribution is -2.40. The van der Waals surface area contributed by atoms with Crippen molar-refractivity contribution in [2.75, 3.05) is 6.61 Å². The molecule has 7 heteroatoms. The van der Waals surface area contributed by atoms with Gasteiger partial charge in [0, 0.05) is 36.6 Å². The van der Waals surface area contributed by atoms with Gasteiger partial charge in [0.05, 0.1) is 18.8 Å². The number of hydrogen-bond acceptors (Lipinski definition) is 5. The molecule has 0 radical (unpaired) electrons. The first-order chi connectivity index (χ1) is 15.3. The van der Waals surface area contributed by atoms with Gasteiger partial charge in [-0.2, -0.15) is 0 Å². The van der Waals surface area contributed by atoms with E-state index in [1.807, 2.05) is 4.68 Å². The Morgan fingerprint density at radius 3 is 2.75 bits per heavy atom. The number of ether oxygens (including phenoxy) is 2. The summed E-state index contributed by atoms with van der Waals surface area (Å²) in [5.74, 6) is 0.541. The van der Waals surface area contributed by atoms with Crippen molar-refractivity contribution < 1.29 is 19.7 Å². The standard InChI is InChI=1S/C25H35N2O4P/c1-15(2)27-16(3)22(25(26-27)31-24-13-20(29)12-21(14-28)30-24)11-19-9-8-18(10-23(19)32)7-6-17-4-5-17/h6,8-10,15,20-21,24,28-29H,4-5,7,11-14,32H2,1-3H3. The lowest BCUT2D eigenvalue weighted by molar-refractivity contribution is -0.186. The minimum absolute atomic E-state index is 0.136. The Balaban J connectivity index is 1.56. The SMILES string of the molecule is Cc1c(Cc2ccc(CC=C3CC3)cc2P)c(OC2CC(O)CC(CO)O2)nn1C(C)C. The fourth-order valence-corrected chi connectivity index (χ4v) is 4.67.